The summed E-state index contributed by atoms with van der Waals surface area (Å²) in [7, 11) is 1.29. The van der Waals surface area contributed by atoms with Crippen molar-refractivity contribution in [2.24, 2.45) is 0 Å². The number of carbonyl (C=O) groups excluding carboxylic acids is 2. The van der Waals surface area contributed by atoms with Gasteiger partial charge in [-0.25, -0.2) is 4.79 Å². The van der Waals surface area contributed by atoms with Crippen LogP contribution in [-0.2, 0) is 20.9 Å². The van der Waals surface area contributed by atoms with Crippen molar-refractivity contribution in [3.63, 3.8) is 0 Å². The Hall–Kier alpha value is -2.84. The van der Waals surface area contributed by atoms with Crippen LogP contribution in [0.3, 0.4) is 0 Å². The average molecular weight is 461 g/mol. The minimum Gasteiger partial charge on any atom is -0.479 e. The average Bonchev–Trinajstić information content (AvgIpc) is 3.02. The summed E-state index contributed by atoms with van der Waals surface area (Å²) in [6.07, 6.45) is 0.868. The maximum Gasteiger partial charge on any atom is 0.346 e. The highest BCUT2D eigenvalue weighted by Crippen LogP contribution is 2.38. The van der Waals surface area contributed by atoms with E-state index >= 15 is 0 Å². The smallest absolute Gasteiger partial charge is 0.346 e. The zero-order valence-corrected chi connectivity index (χ0v) is 17.3. The number of ketones is 1. The Morgan fingerprint density at radius 2 is 2.10 bits per heavy atom. The van der Waals surface area contributed by atoms with Gasteiger partial charge in [-0.05, 0) is 37.3 Å². The molecular weight excluding hydrogens is 444 g/mol. The number of Topliss-reactive ketones (excluding diaryl/α,β-unsaturated/α-hetero) is 1. The molecule has 0 saturated heterocycles. The van der Waals surface area contributed by atoms with E-state index < -0.39 is 12.1 Å². The number of allylic oxidation sites excluding steroid dienone is 1. The molecule has 2 aromatic rings. The van der Waals surface area contributed by atoms with Gasteiger partial charge in [0.2, 0.25) is 5.78 Å². The van der Waals surface area contributed by atoms with Crippen LogP contribution in [0.5, 0.6) is 17.2 Å². The zero-order chi connectivity index (χ0) is 20.5. The third-order valence-corrected chi connectivity index (χ3v) is 4.94. The van der Waals surface area contributed by atoms with Gasteiger partial charge in [0.25, 0.3) is 0 Å². The van der Waals surface area contributed by atoms with Crippen LogP contribution in [0, 0.1) is 0 Å². The van der Waals surface area contributed by atoms with Gasteiger partial charge in [0.15, 0.2) is 18.7 Å². The van der Waals surface area contributed by atoms with Gasteiger partial charge in [0.1, 0.15) is 17.2 Å². The second kappa shape index (κ2) is 7.88. The van der Waals surface area contributed by atoms with Crippen LogP contribution in [0.1, 0.15) is 28.4 Å². The van der Waals surface area contributed by atoms with Crippen LogP contribution in [-0.4, -0.2) is 31.8 Å². The molecule has 4 rings (SSSR count). The molecule has 7 nitrogen and oxygen atoms in total. The Morgan fingerprint density at radius 3 is 2.90 bits per heavy atom. The molecule has 0 radical (unpaired) electrons. The summed E-state index contributed by atoms with van der Waals surface area (Å²) in [5, 5.41) is 0. The van der Waals surface area contributed by atoms with Crippen molar-refractivity contribution in [1.29, 1.82) is 0 Å². The lowest BCUT2D eigenvalue weighted by molar-refractivity contribution is -0.147. The number of esters is 1. The second-order valence-corrected chi connectivity index (χ2v) is 7.39. The maximum atomic E-state index is 12.8. The first-order valence-corrected chi connectivity index (χ1v) is 9.61. The quantitative estimate of drug-likeness (QED) is 0.505. The van der Waals surface area contributed by atoms with Crippen molar-refractivity contribution < 1.29 is 33.3 Å². The SMILES string of the molecule is COC(=O)[C@@H](C)Oc1ccc2c(c1)OC(=Cc1cc(Br)cc3c1OCOC3)C2=O. The van der Waals surface area contributed by atoms with Gasteiger partial charge < -0.3 is 23.7 Å². The van der Waals surface area contributed by atoms with Gasteiger partial charge in [0, 0.05) is 21.7 Å². The third-order valence-electron chi connectivity index (χ3n) is 4.48. The number of rotatable bonds is 4. The van der Waals surface area contributed by atoms with E-state index in [0.717, 1.165) is 10.0 Å². The van der Waals surface area contributed by atoms with E-state index in [1.165, 1.54) is 7.11 Å². The van der Waals surface area contributed by atoms with Crippen molar-refractivity contribution in [1.82, 2.24) is 0 Å². The van der Waals surface area contributed by atoms with E-state index in [1.807, 2.05) is 12.1 Å². The molecule has 1 atom stereocenters. The normalized spacial score (nSPS) is 17.1. The molecule has 0 aliphatic carbocycles. The van der Waals surface area contributed by atoms with Crippen molar-refractivity contribution in [2.75, 3.05) is 13.9 Å². The zero-order valence-electron chi connectivity index (χ0n) is 15.7. The Morgan fingerprint density at radius 1 is 1.28 bits per heavy atom. The van der Waals surface area contributed by atoms with Crippen LogP contribution in [0.4, 0.5) is 0 Å². The molecule has 0 saturated carbocycles. The summed E-state index contributed by atoms with van der Waals surface area (Å²) in [4.78, 5) is 24.3. The number of halogens is 1. The predicted octanol–water partition coefficient (Wildman–Crippen LogP) is 3.87. The number of carbonyl (C=O) groups is 2. The molecule has 0 unspecified atom stereocenters. The van der Waals surface area contributed by atoms with Gasteiger partial charge in [0.05, 0.1) is 19.3 Å². The fraction of sp³-hybridized carbons (Fsp3) is 0.238. The highest BCUT2D eigenvalue weighted by Gasteiger charge is 2.29. The summed E-state index contributed by atoms with van der Waals surface area (Å²) in [6.45, 7) is 2.16. The van der Waals surface area contributed by atoms with Crippen molar-refractivity contribution >= 4 is 33.8 Å². The number of benzene rings is 2. The minimum absolute atomic E-state index is 0.152. The van der Waals surface area contributed by atoms with Crippen molar-refractivity contribution in [3.05, 3.63) is 57.3 Å². The van der Waals surface area contributed by atoms with E-state index in [0.29, 0.717) is 35.0 Å². The van der Waals surface area contributed by atoms with Crippen molar-refractivity contribution in [3.8, 4) is 17.2 Å². The summed E-state index contributed by atoms with van der Waals surface area (Å²) < 4.78 is 27.7. The van der Waals surface area contributed by atoms with E-state index in [1.54, 1.807) is 31.2 Å². The molecule has 0 fully saturated rings. The first-order chi connectivity index (χ1) is 14.0. The molecule has 2 aliphatic rings. The third kappa shape index (κ3) is 3.86. The fourth-order valence-electron chi connectivity index (χ4n) is 3.12. The lowest BCUT2D eigenvalue weighted by Crippen LogP contribution is -2.24. The first-order valence-electron chi connectivity index (χ1n) is 8.82. The van der Waals surface area contributed by atoms with Crippen LogP contribution in [0.25, 0.3) is 6.08 Å². The van der Waals surface area contributed by atoms with Crippen LogP contribution in [0.2, 0.25) is 0 Å². The Labute approximate surface area is 175 Å². The number of hydrogen-bond acceptors (Lipinski definition) is 7. The van der Waals surface area contributed by atoms with Gasteiger partial charge in [-0.15, -0.1) is 0 Å². The van der Waals surface area contributed by atoms with Crippen LogP contribution < -0.4 is 14.2 Å². The predicted molar refractivity (Wildman–Crippen MR) is 106 cm³/mol. The second-order valence-electron chi connectivity index (χ2n) is 6.47. The number of fused-ring (bicyclic) bond motifs is 2. The van der Waals surface area contributed by atoms with E-state index in [9.17, 15) is 9.59 Å². The maximum absolute atomic E-state index is 12.8. The lowest BCUT2D eigenvalue weighted by Gasteiger charge is -2.20. The van der Waals surface area contributed by atoms with Gasteiger partial charge in [-0.2, -0.15) is 0 Å². The lowest BCUT2D eigenvalue weighted by atomic mass is 10.1. The molecule has 0 spiro atoms. The summed E-state index contributed by atoms with van der Waals surface area (Å²) in [5.41, 5.74) is 2.01. The standard InChI is InChI=1S/C21H17BrO7/c1-11(21(24)25-2)28-15-3-4-16-17(8-15)29-18(19(16)23)7-12-5-14(22)6-13-9-26-10-27-20(12)13/h3-8,11H,9-10H2,1-2H3/t11-/m1/s1. The monoisotopic (exact) mass is 460 g/mol. The molecule has 8 heteroatoms. The van der Waals surface area contributed by atoms with Gasteiger partial charge in [-0.3, -0.25) is 4.79 Å². The molecule has 2 aliphatic heterocycles. The van der Waals surface area contributed by atoms with E-state index in [4.69, 9.17) is 18.9 Å². The molecule has 0 bridgehead atoms. The van der Waals surface area contributed by atoms with Gasteiger partial charge in [-0.1, -0.05) is 15.9 Å². The number of methoxy groups -OCH3 is 1. The Bertz CT molecular complexity index is 1030. The molecule has 2 aromatic carbocycles. The molecule has 29 heavy (non-hydrogen) atoms. The molecule has 150 valence electrons. The molecule has 2 heterocycles. The van der Waals surface area contributed by atoms with Gasteiger partial charge >= 0.3 is 5.97 Å². The first kappa shape index (κ1) is 19.5. The fourth-order valence-corrected chi connectivity index (χ4v) is 3.64. The van der Waals surface area contributed by atoms with Crippen LogP contribution in [0.15, 0.2) is 40.6 Å². The van der Waals surface area contributed by atoms with E-state index in [-0.39, 0.29) is 18.3 Å². The summed E-state index contributed by atoms with van der Waals surface area (Å²) in [6, 6.07) is 8.56. The van der Waals surface area contributed by atoms with E-state index in [2.05, 4.69) is 20.7 Å². The number of hydrogen-bond donors (Lipinski definition) is 0. The highest BCUT2D eigenvalue weighted by atomic mass is 79.9. The molecule has 0 N–H and O–H groups in total. The highest BCUT2D eigenvalue weighted by molar-refractivity contribution is 9.10. The summed E-state index contributed by atoms with van der Waals surface area (Å²) >= 11 is 3.46. The number of ether oxygens (including phenoxy) is 5. The summed E-state index contributed by atoms with van der Waals surface area (Å²) in [5.74, 6) is 0.864. The molecular formula is C21H17BrO7. The molecule has 0 aromatic heterocycles. The Kier molecular flexibility index (Phi) is 5.29. The molecule has 0 amide bonds. The topological polar surface area (TPSA) is 80.3 Å². The van der Waals surface area contributed by atoms with Crippen molar-refractivity contribution in [2.45, 2.75) is 19.6 Å². The van der Waals surface area contributed by atoms with Crippen LogP contribution >= 0.6 is 15.9 Å². The largest absolute Gasteiger partial charge is 0.479 e. The minimum atomic E-state index is -0.780. The Balaban J connectivity index is 1.62.